The normalized spacial score (nSPS) is 10.1. The molecule has 72 valence electrons. The summed E-state index contributed by atoms with van der Waals surface area (Å²) in [6.07, 6.45) is 1.02. The van der Waals surface area contributed by atoms with E-state index in [2.05, 4.69) is 20.9 Å². The number of aryl methyl sites for hydroxylation is 2. The van der Waals surface area contributed by atoms with E-state index in [1.165, 1.54) is 0 Å². The smallest absolute Gasteiger partial charge is 0.140 e. The third-order valence-electron chi connectivity index (χ3n) is 1.71. The van der Waals surface area contributed by atoms with E-state index in [4.69, 9.17) is 4.74 Å². The van der Waals surface area contributed by atoms with Crippen LogP contribution < -0.4 is 4.74 Å². The first-order chi connectivity index (χ1) is 6.24. The van der Waals surface area contributed by atoms with Crippen LogP contribution in [0.2, 0.25) is 0 Å². The summed E-state index contributed by atoms with van der Waals surface area (Å²) in [5.74, 6) is 0.895. The molecule has 0 aliphatic heterocycles. The van der Waals surface area contributed by atoms with Crippen LogP contribution in [0.15, 0.2) is 12.1 Å². The second kappa shape index (κ2) is 5.22. The first-order valence-electron chi connectivity index (χ1n) is 4.37. The number of alkyl halides is 1. The van der Waals surface area contributed by atoms with E-state index < -0.39 is 0 Å². The Morgan fingerprint density at radius 3 is 2.77 bits per heavy atom. The molecule has 3 heteroatoms. The van der Waals surface area contributed by atoms with E-state index in [1.807, 2.05) is 26.0 Å². The summed E-state index contributed by atoms with van der Waals surface area (Å²) < 4.78 is 5.54. The Bertz CT molecular complexity index is 276. The molecule has 1 aromatic rings. The van der Waals surface area contributed by atoms with Crippen molar-refractivity contribution in [2.75, 3.05) is 11.9 Å². The molecule has 0 bridgehead atoms. The molecule has 2 nitrogen and oxygen atoms in total. The minimum atomic E-state index is 0.747. The zero-order valence-corrected chi connectivity index (χ0v) is 9.60. The van der Waals surface area contributed by atoms with Gasteiger partial charge in [0.05, 0.1) is 12.3 Å². The highest BCUT2D eigenvalue weighted by atomic mass is 79.9. The van der Waals surface area contributed by atoms with Gasteiger partial charge in [0.2, 0.25) is 0 Å². The molecule has 13 heavy (non-hydrogen) atoms. The quantitative estimate of drug-likeness (QED) is 0.600. The van der Waals surface area contributed by atoms with E-state index >= 15 is 0 Å². The first-order valence-corrected chi connectivity index (χ1v) is 5.49. The zero-order chi connectivity index (χ0) is 9.68. The van der Waals surface area contributed by atoms with Gasteiger partial charge in [-0.1, -0.05) is 15.9 Å². The lowest BCUT2D eigenvalue weighted by atomic mass is 10.3. The minimum Gasteiger partial charge on any atom is -0.492 e. The van der Waals surface area contributed by atoms with Gasteiger partial charge in [0.25, 0.3) is 0 Å². The van der Waals surface area contributed by atoms with Gasteiger partial charge in [0, 0.05) is 11.0 Å². The van der Waals surface area contributed by atoms with Crippen molar-refractivity contribution in [2.24, 2.45) is 0 Å². The molecule has 0 aliphatic rings. The summed E-state index contributed by atoms with van der Waals surface area (Å²) in [5, 5.41) is 0.978. The molecule has 0 fully saturated rings. The zero-order valence-electron chi connectivity index (χ0n) is 8.01. The summed E-state index contributed by atoms with van der Waals surface area (Å²) >= 11 is 3.36. The standard InChI is InChI=1S/C10H14BrNO/c1-8-4-5-10(9(2)12-8)13-7-3-6-11/h4-5H,3,6-7H2,1-2H3. The Hall–Kier alpha value is -0.570. The maximum atomic E-state index is 5.54. The number of ether oxygens (including phenoxy) is 1. The van der Waals surface area contributed by atoms with Crippen LogP contribution in [0.4, 0.5) is 0 Å². The molecular weight excluding hydrogens is 230 g/mol. The monoisotopic (exact) mass is 243 g/mol. The van der Waals surface area contributed by atoms with Gasteiger partial charge in [0.1, 0.15) is 5.75 Å². The van der Waals surface area contributed by atoms with Crippen molar-refractivity contribution in [1.82, 2.24) is 4.98 Å². The van der Waals surface area contributed by atoms with Crippen molar-refractivity contribution in [3.63, 3.8) is 0 Å². The van der Waals surface area contributed by atoms with E-state index in [9.17, 15) is 0 Å². The third-order valence-corrected chi connectivity index (χ3v) is 2.27. The van der Waals surface area contributed by atoms with Crippen molar-refractivity contribution < 1.29 is 4.74 Å². The van der Waals surface area contributed by atoms with Crippen LogP contribution in [-0.4, -0.2) is 16.9 Å². The van der Waals surface area contributed by atoms with Crippen molar-refractivity contribution >= 4 is 15.9 Å². The topological polar surface area (TPSA) is 22.1 Å². The third kappa shape index (κ3) is 3.35. The average molecular weight is 244 g/mol. The molecule has 0 N–H and O–H groups in total. The van der Waals surface area contributed by atoms with Crippen LogP contribution in [0.3, 0.4) is 0 Å². The number of hydrogen-bond acceptors (Lipinski definition) is 2. The number of nitrogens with zero attached hydrogens (tertiary/aromatic N) is 1. The lowest BCUT2D eigenvalue weighted by molar-refractivity contribution is 0.315. The number of rotatable bonds is 4. The molecule has 1 aromatic heterocycles. The van der Waals surface area contributed by atoms with E-state index in [0.717, 1.165) is 35.5 Å². The van der Waals surface area contributed by atoms with Crippen LogP contribution >= 0.6 is 15.9 Å². The van der Waals surface area contributed by atoms with Crippen LogP contribution in [0, 0.1) is 13.8 Å². The van der Waals surface area contributed by atoms with Crippen molar-refractivity contribution in [1.29, 1.82) is 0 Å². The lowest BCUT2D eigenvalue weighted by Crippen LogP contribution is -2.00. The summed E-state index contributed by atoms with van der Waals surface area (Å²) in [6.45, 7) is 4.70. The number of hydrogen-bond donors (Lipinski definition) is 0. The fraction of sp³-hybridized carbons (Fsp3) is 0.500. The van der Waals surface area contributed by atoms with Gasteiger partial charge in [-0.15, -0.1) is 0 Å². The summed E-state index contributed by atoms with van der Waals surface area (Å²) in [7, 11) is 0. The maximum absolute atomic E-state index is 5.54. The molecule has 1 heterocycles. The fourth-order valence-electron chi connectivity index (χ4n) is 1.06. The van der Waals surface area contributed by atoms with Crippen LogP contribution in [0.25, 0.3) is 0 Å². The highest BCUT2D eigenvalue weighted by Gasteiger charge is 1.99. The minimum absolute atomic E-state index is 0.747. The molecule has 0 aromatic carbocycles. The van der Waals surface area contributed by atoms with Crippen molar-refractivity contribution in [2.45, 2.75) is 20.3 Å². The van der Waals surface area contributed by atoms with Crippen LogP contribution in [-0.2, 0) is 0 Å². The Kier molecular flexibility index (Phi) is 4.22. The number of aromatic nitrogens is 1. The molecule has 0 saturated carbocycles. The van der Waals surface area contributed by atoms with Gasteiger partial charge >= 0.3 is 0 Å². The predicted octanol–water partition coefficient (Wildman–Crippen LogP) is 2.86. The Balaban J connectivity index is 2.56. The SMILES string of the molecule is Cc1ccc(OCCCBr)c(C)n1. The van der Waals surface area contributed by atoms with Gasteiger partial charge in [-0.05, 0) is 32.4 Å². The number of halogens is 1. The molecule has 0 spiro atoms. The van der Waals surface area contributed by atoms with Crippen molar-refractivity contribution in [3.05, 3.63) is 23.5 Å². The summed E-state index contributed by atoms with van der Waals surface area (Å²) in [4.78, 5) is 4.32. The molecule has 0 saturated heterocycles. The highest BCUT2D eigenvalue weighted by Crippen LogP contribution is 2.15. The maximum Gasteiger partial charge on any atom is 0.140 e. The van der Waals surface area contributed by atoms with E-state index in [-0.39, 0.29) is 0 Å². The number of pyridine rings is 1. The summed E-state index contributed by atoms with van der Waals surface area (Å²) in [5.41, 5.74) is 2.00. The van der Waals surface area contributed by atoms with Gasteiger partial charge in [0.15, 0.2) is 0 Å². The van der Waals surface area contributed by atoms with Gasteiger partial charge < -0.3 is 4.74 Å². The van der Waals surface area contributed by atoms with Gasteiger partial charge in [-0.3, -0.25) is 4.98 Å². The fourth-order valence-corrected chi connectivity index (χ4v) is 1.29. The molecule has 1 rings (SSSR count). The highest BCUT2D eigenvalue weighted by molar-refractivity contribution is 9.09. The molecule has 0 aliphatic carbocycles. The largest absolute Gasteiger partial charge is 0.492 e. The molecular formula is C10H14BrNO. The molecule has 0 amide bonds. The second-order valence-corrected chi connectivity index (χ2v) is 3.72. The first kappa shape index (κ1) is 10.5. The summed E-state index contributed by atoms with van der Waals surface area (Å²) in [6, 6.07) is 3.95. The predicted molar refractivity (Wildman–Crippen MR) is 57.6 cm³/mol. The molecule has 0 unspecified atom stereocenters. The van der Waals surface area contributed by atoms with Gasteiger partial charge in [-0.2, -0.15) is 0 Å². The van der Waals surface area contributed by atoms with Gasteiger partial charge in [-0.25, -0.2) is 0 Å². The Morgan fingerprint density at radius 1 is 1.38 bits per heavy atom. The van der Waals surface area contributed by atoms with Crippen LogP contribution in [0.5, 0.6) is 5.75 Å². The Labute approximate surface area is 87.5 Å². The van der Waals surface area contributed by atoms with Crippen molar-refractivity contribution in [3.8, 4) is 5.75 Å². The molecule has 0 radical (unpaired) electrons. The Morgan fingerprint density at radius 2 is 2.15 bits per heavy atom. The van der Waals surface area contributed by atoms with E-state index in [0.29, 0.717) is 0 Å². The lowest BCUT2D eigenvalue weighted by Gasteiger charge is -2.07. The molecule has 0 atom stereocenters. The average Bonchev–Trinajstić information content (AvgIpc) is 2.09. The second-order valence-electron chi connectivity index (χ2n) is 2.93. The van der Waals surface area contributed by atoms with E-state index in [1.54, 1.807) is 0 Å². The van der Waals surface area contributed by atoms with Crippen LogP contribution in [0.1, 0.15) is 17.8 Å².